The SMILES string of the molecule is CC.CC1CC(C)(C)N(C)C(C)(C)C1. The van der Waals surface area contributed by atoms with Gasteiger partial charge >= 0.3 is 0 Å². The summed E-state index contributed by atoms with van der Waals surface area (Å²) >= 11 is 0. The van der Waals surface area contributed by atoms with E-state index in [1.807, 2.05) is 13.8 Å². The molecule has 0 spiro atoms. The fraction of sp³-hybridized carbons (Fsp3) is 1.00. The van der Waals surface area contributed by atoms with Crippen LogP contribution in [0.3, 0.4) is 0 Å². The summed E-state index contributed by atoms with van der Waals surface area (Å²) in [6, 6.07) is 0. The number of rotatable bonds is 0. The molecule has 0 amide bonds. The molecule has 0 saturated carbocycles. The molecule has 1 nitrogen and oxygen atoms in total. The highest BCUT2D eigenvalue weighted by Crippen LogP contribution is 2.39. The first-order chi connectivity index (χ1) is 6.26. The second-order valence-electron chi connectivity index (χ2n) is 5.70. The minimum atomic E-state index is 0.376. The predicted octanol–water partition coefficient (Wildman–Crippen LogP) is 3.93. The Morgan fingerprint density at radius 3 is 1.50 bits per heavy atom. The van der Waals surface area contributed by atoms with Crippen molar-refractivity contribution in [1.82, 2.24) is 4.90 Å². The van der Waals surface area contributed by atoms with Gasteiger partial charge in [-0.2, -0.15) is 0 Å². The highest BCUT2D eigenvalue weighted by atomic mass is 15.2. The first-order valence-corrected chi connectivity index (χ1v) is 6.00. The van der Waals surface area contributed by atoms with Crippen molar-refractivity contribution in [3.8, 4) is 0 Å². The van der Waals surface area contributed by atoms with Gasteiger partial charge in [0.05, 0.1) is 0 Å². The molecular formula is C13H29N. The molecule has 1 heterocycles. The maximum Gasteiger partial charge on any atom is 0.0158 e. The van der Waals surface area contributed by atoms with E-state index in [-0.39, 0.29) is 0 Å². The Balaban J connectivity index is 0.000000791. The molecule has 0 aromatic rings. The van der Waals surface area contributed by atoms with Crippen molar-refractivity contribution in [2.45, 2.75) is 72.4 Å². The Hall–Kier alpha value is -0.0400. The van der Waals surface area contributed by atoms with Gasteiger partial charge in [-0.15, -0.1) is 0 Å². The maximum atomic E-state index is 2.53. The first-order valence-electron chi connectivity index (χ1n) is 6.00. The van der Waals surface area contributed by atoms with Crippen molar-refractivity contribution < 1.29 is 0 Å². The molecule has 0 bridgehead atoms. The fourth-order valence-corrected chi connectivity index (χ4v) is 2.87. The Labute approximate surface area is 90.9 Å². The van der Waals surface area contributed by atoms with E-state index < -0.39 is 0 Å². The van der Waals surface area contributed by atoms with Crippen LogP contribution in [0.25, 0.3) is 0 Å². The van der Waals surface area contributed by atoms with Crippen molar-refractivity contribution in [1.29, 1.82) is 0 Å². The summed E-state index contributed by atoms with van der Waals surface area (Å²) in [5.74, 6) is 0.867. The lowest BCUT2D eigenvalue weighted by Gasteiger charge is -2.53. The van der Waals surface area contributed by atoms with E-state index >= 15 is 0 Å². The monoisotopic (exact) mass is 199 g/mol. The van der Waals surface area contributed by atoms with Gasteiger partial charge in [0.15, 0.2) is 0 Å². The number of nitrogens with zero attached hydrogens (tertiary/aromatic N) is 1. The summed E-state index contributed by atoms with van der Waals surface area (Å²) in [4.78, 5) is 2.53. The smallest absolute Gasteiger partial charge is 0.0158 e. The zero-order chi connectivity index (χ0) is 11.6. The fourth-order valence-electron chi connectivity index (χ4n) is 2.87. The van der Waals surface area contributed by atoms with Gasteiger partial charge in [0, 0.05) is 11.1 Å². The van der Waals surface area contributed by atoms with Crippen LogP contribution in [-0.2, 0) is 0 Å². The van der Waals surface area contributed by atoms with Crippen molar-refractivity contribution in [3.05, 3.63) is 0 Å². The Morgan fingerprint density at radius 1 is 0.929 bits per heavy atom. The van der Waals surface area contributed by atoms with Crippen LogP contribution < -0.4 is 0 Å². The quantitative estimate of drug-likeness (QED) is 0.571. The Morgan fingerprint density at radius 2 is 1.21 bits per heavy atom. The summed E-state index contributed by atoms with van der Waals surface area (Å²) < 4.78 is 0. The Kier molecular flexibility index (Phi) is 4.64. The normalized spacial score (nSPS) is 26.6. The van der Waals surface area contributed by atoms with E-state index in [0.717, 1.165) is 5.92 Å². The van der Waals surface area contributed by atoms with Crippen LogP contribution in [0, 0.1) is 5.92 Å². The second-order valence-corrected chi connectivity index (χ2v) is 5.70. The number of piperidine rings is 1. The molecular weight excluding hydrogens is 170 g/mol. The third-order valence-electron chi connectivity index (χ3n) is 3.51. The standard InChI is InChI=1S/C11H23N.C2H6/c1-9-7-10(2,3)12(6)11(4,5)8-9;1-2/h9H,7-8H2,1-6H3;1-2H3. The van der Waals surface area contributed by atoms with E-state index in [1.165, 1.54) is 12.8 Å². The summed E-state index contributed by atoms with van der Waals surface area (Å²) in [6.07, 6.45) is 2.65. The zero-order valence-corrected chi connectivity index (χ0v) is 11.4. The van der Waals surface area contributed by atoms with Crippen LogP contribution >= 0.6 is 0 Å². The van der Waals surface area contributed by atoms with Gasteiger partial charge in [-0.1, -0.05) is 20.8 Å². The van der Waals surface area contributed by atoms with Crippen molar-refractivity contribution in [2.75, 3.05) is 7.05 Å². The first kappa shape index (κ1) is 14.0. The number of hydrogen-bond acceptors (Lipinski definition) is 1. The van der Waals surface area contributed by atoms with Crippen LogP contribution in [0.4, 0.5) is 0 Å². The van der Waals surface area contributed by atoms with Gasteiger partial charge in [0.2, 0.25) is 0 Å². The van der Waals surface area contributed by atoms with Crippen LogP contribution in [0.1, 0.15) is 61.3 Å². The minimum absolute atomic E-state index is 0.376. The van der Waals surface area contributed by atoms with Crippen LogP contribution in [0.15, 0.2) is 0 Å². The van der Waals surface area contributed by atoms with E-state index in [0.29, 0.717) is 11.1 Å². The molecule has 1 heteroatoms. The van der Waals surface area contributed by atoms with E-state index in [1.54, 1.807) is 0 Å². The lowest BCUT2D eigenvalue weighted by Crippen LogP contribution is -2.58. The summed E-state index contributed by atoms with van der Waals surface area (Å²) in [7, 11) is 2.26. The predicted molar refractivity (Wildman–Crippen MR) is 65.7 cm³/mol. The summed E-state index contributed by atoms with van der Waals surface area (Å²) in [6.45, 7) is 15.8. The number of likely N-dealkylation sites (tertiary alicyclic amines) is 1. The molecule has 86 valence electrons. The highest BCUT2D eigenvalue weighted by molar-refractivity contribution is 4.96. The summed E-state index contributed by atoms with van der Waals surface area (Å²) in [5.41, 5.74) is 0.752. The van der Waals surface area contributed by atoms with E-state index in [4.69, 9.17) is 0 Å². The molecule has 1 aliphatic rings. The maximum absolute atomic E-state index is 2.53. The van der Waals surface area contributed by atoms with Gasteiger partial charge < -0.3 is 0 Å². The molecule has 1 saturated heterocycles. The van der Waals surface area contributed by atoms with E-state index in [2.05, 4.69) is 46.6 Å². The molecule has 0 unspecified atom stereocenters. The topological polar surface area (TPSA) is 3.24 Å². The van der Waals surface area contributed by atoms with Gasteiger partial charge in [0.1, 0.15) is 0 Å². The minimum Gasteiger partial charge on any atom is -0.296 e. The lowest BCUT2D eigenvalue weighted by atomic mass is 9.75. The molecule has 14 heavy (non-hydrogen) atoms. The molecule has 0 aromatic carbocycles. The van der Waals surface area contributed by atoms with E-state index in [9.17, 15) is 0 Å². The molecule has 1 aliphatic heterocycles. The van der Waals surface area contributed by atoms with Crippen molar-refractivity contribution >= 4 is 0 Å². The molecule has 0 atom stereocenters. The van der Waals surface area contributed by atoms with Gasteiger partial charge in [-0.05, 0) is 53.5 Å². The lowest BCUT2D eigenvalue weighted by molar-refractivity contribution is -0.0255. The number of hydrogen-bond donors (Lipinski definition) is 0. The molecule has 0 aliphatic carbocycles. The molecule has 0 N–H and O–H groups in total. The average Bonchev–Trinajstić information content (AvgIpc) is 2.02. The van der Waals surface area contributed by atoms with Gasteiger partial charge in [-0.25, -0.2) is 0 Å². The largest absolute Gasteiger partial charge is 0.296 e. The average molecular weight is 199 g/mol. The molecule has 0 radical (unpaired) electrons. The van der Waals surface area contributed by atoms with Crippen molar-refractivity contribution in [2.24, 2.45) is 5.92 Å². The molecule has 1 rings (SSSR count). The third kappa shape index (κ3) is 2.98. The van der Waals surface area contributed by atoms with Crippen LogP contribution in [0.5, 0.6) is 0 Å². The van der Waals surface area contributed by atoms with Crippen LogP contribution in [-0.4, -0.2) is 23.0 Å². The van der Waals surface area contributed by atoms with Crippen molar-refractivity contribution in [3.63, 3.8) is 0 Å². The van der Waals surface area contributed by atoms with Gasteiger partial charge in [0.25, 0.3) is 0 Å². The summed E-state index contributed by atoms with van der Waals surface area (Å²) in [5, 5.41) is 0. The third-order valence-corrected chi connectivity index (χ3v) is 3.51. The Bertz CT molecular complexity index is 152. The highest BCUT2D eigenvalue weighted by Gasteiger charge is 2.41. The molecule has 1 fully saturated rings. The van der Waals surface area contributed by atoms with Crippen LogP contribution in [0.2, 0.25) is 0 Å². The molecule has 0 aromatic heterocycles. The zero-order valence-electron chi connectivity index (χ0n) is 11.4. The van der Waals surface area contributed by atoms with Gasteiger partial charge in [-0.3, -0.25) is 4.90 Å². The second kappa shape index (κ2) is 4.65.